The Morgan fingerprint density at radius 3 is 2.21 bits per heavy atom. The molecule has 1 aliphatic rings. The summed E-state index contributed by atoms with van der Waals surface area (Å²) in [7, 11) is -3.85. The molecule has 172 valence electrons. The lowest BCUT2D eigenvalue weighted by Crippen LogP contribution is -2.47. The SMILES string of the molecule is Cc1cc(C)cc(S(=O)(=O)Nc2ccc(N3CCN(c4ccccn4)CC3)c(C(=O)O)c2)c1. The van der Waals surface area contributed by atoms with Gasteiger partial charge in [-0.2, -0.15) is 0 Å². The molecule has 0 aliphatic carbocycles. The van der Waals surface area contributed by atoms with Crippen molar-refractivity contribution in [2.24, 2.45) is 0 Å². The largest absolute Gasteiger partial charge is 0.478 e. The van der Waals surface area contributed by atoms with Gasteiger partial charge in [0, 0.05) is 38.1 Å². The van der Waals surface area contributed by atoms with Gasteiger partial charge in [-0.05, 0) is 67.4 Å². The van der Waals surface area contributed by atoms with E-state index in [9.17, 15) is 18.3 Å². The molecule has 9 heteroatoms. The van der Waals surface area contributed by atoms with Gasteiger partial charge in [0.15, 0.2) is 0 Å². The zero-order valence-corrected chi connectivity index (χ0v) is 19.3. The van der Waals surface area contributed by atoms with Crippen molar-refractivity contribution in [3.05, 3.63) is 77.5 Å². The number of nitrogens with zero attached hydrogens (tertiary/aromatic N) is 3. The number of hydrogen-bond donors (Lipinski definition) is 2. The fourth-order valence-electron chi connectivity index (χ4n) is 4.07. The van der Waals surface area contributed by atoms with Crippen LogP contribution in [0.3, 0.4) is 0 Å². The van der Waals surface area contributed by atoms with Gasteiger partial charge < -0.3 is 14.9 Å². The summed E-state index contributed by atoms with van der Waals surface area (Å²) in [5.74, 6) is -0.212. The Hall–Kier alpha value is -3.59. The lowest BCUT2D eigenvalue weighted by molar-refractivity contribution is 0.0697. The average molecular weight is 467 g/mol. The van der Waals surface area contributed by atoms with E-state index in [1.54, 1.807) is 30.5 Å². The maximum Gasteiger partial charge on any atom is 0.337 e. The minimum absolute atomic E-state index is 0.0573. The number of benzene rings is 2. The maximum absolute atomic E-state index is 12.9. The summed E-state index contributed by atoms with van der Waals surface area (Å²) in [6.07, 6.45) is 1.75. The van der Waals surface area contributed by atoms with Gasteiger partial charge in [0.2, 0.25) is 0 Å². The number of carboxylic acids is 1. The van der Waals surface area contributed by atoms with E-state index in [1.807, 2.05) is 43.0 Å². The highest BCUT2D eigenvalue weighted by Gasteiger charge is 2.23. The van der Waals surface area contributed by atoms with Crippen molar-refractivity contribution >= 4 is 33.2 Å². The molecule has 3 aromatic rings. The molecule has 8 nitrogen and oxygen atoms in total. The summed E-state index contributed by atoms with van der Waals surface area (Å²) in [5, 5.41) is 9.81. The van der Waals surface area contributed by atoms with Gasteiger partial charge in [-0.3, -0.25) is 4.72 Å². The lowest BCUT2D eigenvalue weighted by atomic mass is 10.1. The van der Waals surface area contributed by atoms with E-state index in [1.165, 1.54) is 6.07 Å². The second-order valence-corrected chi connectivity index (χ2v) is 9.81. The molecule has 1 saturated heterocycles. The standard InChI is InChI=1S/C24H26N4O4S/c1-17-13-18(2)15-20(14-17)33(31,32)26-19-6-7-22(21(16-19)24(29)30)27-9-11-28(12-10-27)23-5-3-4-8-25-23/h3-8,13-16,26H,9-12H2,1-2H3,(H,29,30). The van der Waals surface area contributed by atoms with Crippen LogP contribution in [0.1, 0.15) is 21.5 Å². The molecule has 0 radical (unpaired) electrons. The van der Waals surface area contributed by atoms with E-state index < -0.39 is 16.0 Å². The summed E-state index contributed by atoms with van der Waals surface area (Å²) >= 11 is 0. The third-order valence-corrected chi connectivity index (χ3v) is 6.94. The summed E-state index contributed by atoms with van der Waals surface area (Å²) in [4.78, 5) is 20.7. The summed E-state index contributed by atoms with van der Waals surface area (Å²) in [6.45, 7) is 6.33. The van der Waals surface area contributed by atoms with E-state index in [-0.39, 0.29) is 16.1 Å². The first-order valence-electron chi connectivity index (χ1n) is 10.6. The summed E-state index contributed by atoms with van der Waals surface area (Å²) < 4.78 is 28.2. The molecule has 0 amide bonds. The highest BCUT2D eigenvalue weighted by atomic mass is 32.2. The molecule has 2 heterocycles. The van der Waals surface area contributed by atoms with Crippen molar-refractivity contribution in [2.75, 3.05) is 40.7 Å². The highest BCUT2D eigenvalue weighted by Crippen LogP contribution is 2.28. The Bertz CT molecular complexity index is 1250. The first-order valence-corrected chi connectivity index (χ1v) is 12.1. The van der Waals surface area contributed by atoms with Crippen LogP contribution in [0.4, 0.5) is 17.2 Å². The number of aromatic carboxylic acids is 1. The summed E-state index contributed by atoms with van der Waals surface area (Å²) in [5.41, 5.74) is 2.51. The molecular formula is C24H26N4O4S. The molecular weight excluding hydrogens is 440 g/mol. The number of aromatic nitrogens is 1. The van der Waals surface area contributed by atoms with Crippen LogP contribution in [0.5, 0.6) is 0 Å². The maximum atomic E-state index is 12.9. The van der Waals surface area contributed by atoms with E-state index in [2.05, 4.69) is 14.6 Å². The smallest absolute Gasteiger partial charge is 0.337 e. The molecule has 0 atom stereocenters. The van der Waals surface area contributed by atoms with Crippen LogP contribution in [0.25, 0.3) is 0 Å². The van der Waals surface area contributed by atoms with Crippen LogP contribution in [0, 0.1) is 13.8 Å². The Morgan fingerprint density at radius 1 is 0.939 bits per heavy atom. The number of pyridine rings is 1. The van der Waals surface area contributed by atoms with Crippen LogP contribution in [-0.4, -0.2) is 50.7 Å². The van der Waals surface area contributed by atoms with Gasteiger partial charge in [0.1, 0.15) is 5.82 Å². The molecule has 1 fully saturated rings. The number of carboxylic acid groups (broad SMARTS) is 1. The number of sulfonamides is 1. The number of anilines is 3. The Kier molecular flexibility index (Phi) is 6.24. The van der Waals surface area contributed by atoms with Gasteiger partial charge in [-0.1, -0.05) is 12.1 Å². The molecule has 0 unspecified atom stereocenters. The number of hydrogen-bond acceptors (Lipinski definition) is 6. The van der Waals surface area contributed by atoms with E-state index in [0.29, 0.717) is 31.9 Å². The van der Waals surface area contributed by atoms with Crippen molar-refractivity contribution in [3.63, 3.8) is 0 Å². The molecule has 33 heavy (non-hydrogen) atoms. The predicted molar refractivity (Wildman–Crippen MR) is 129 cm³/mol. The van der Waals surface area contributed by atoms with Crippen LogP contribution in [0.15, 0.2) is 65.7 Å². The molecule has 0 bridgehead atoms. The topological polar surface area (TPSA) is 103 Å². The van der Waals surface area contributed by atoms with Crippen LogP contribution in [-0.2, 0) is 10.0 Å². The van der Waals surface area contributed by atoms with E-state index in [4.69, 9.17) is 0 Å². The number of nitrogens with one attached hydrogen (secondary N) is 1. The molecule has 0 saturated carbocycles. The van der Waals surface area contributed by atoms with Crippen molar-refractivity contribution in [2.45, 2.75) is 18.7 Å². The molecule has 1 aromatic heterocycles. The molecule has 4 rings (SSSR count). The van der Waals surface area contributed by atoms with Crippen molar-refractivity contribution in [1.82, 2.24) is 4.98 Å². The molecule has 1 aliphatic heterocycles. The fraction of sp³-hybridized carbons (Fsp3) is 0.250. The quantitative estimate of drug-likeness (QED) is 0.573. The first kappa shape index (κ1) is 22.6. The minimum atomic E-state index is -3.85. The van der Waals surface area contributed by atoms with Gasteiger partial charge >= 0.3 is 5.97 Å². The Labute approximate surface area is 193 Å². The number of piperazine rings is 1. The van der Waals surface area contributed by atoms with E-state index in [0.717, 1.165) is 16.9 Å². The van der Waals surface area contributed by atoms with Crippen molar-refractivity contribution < 1.29 is 18.3 Å². The zero-order valence-electron chi connectivity index (χ0n) is 18.5. The van der Waals surface area contributed by atoms with Crippen molar-refractivity contribution in [3.8, 4) is 0 Å². The van der Waals surface area contributed by atoms with Gasteiger partial charge in [0.05, 0.1) is 16.1 Å². The van der Waals surface area contributed by atoms with Crippen LogP contribution >= 0.6 is 0 Å². The normalized spacial score (nSPS) is 14.2. The van der Waals surface area contributed by atoms with Gasteiger partial charge in [-0.25, -0.2) is 18.2 Å². The Morgan fingerprint density at radius 2 is 1.61 bits per heavy atom. The average Bonchev–Trinajstić information content (AvgIpc) is 2.79. The first-order chi connectivity index (χ1) is 15.7. The molecule has 2 aromatic carbocycles. The number of aryl methyl sites for hydroxylation is 2. The third kappa shape index (κ3) is 5.09. The molecule has 2 N–H and O–H groups in total. The number of carbonyl (C=O) groups is 1. The van der Waals surface area contributed by atoms with Crippen molar-refractivity contribution in [1.29, 1.82) is 0 Å². The second kappa shape index (κ2) is 9.11. The van der Waals surface area contributed by atoms with Crippen LogP contribution in [0.2, 0.25) is 0 Å². The Balaban J connectivity index is 1.54. The third-order valence-electron chi connectivity index (χ3n) is 5.58. The minimum Gasteiger partial charge on any atom is -0.478 e. The van der Waals surface area contributed by atoms with E-state index >= 15 is 0 Å². The van der Waals surface area contributed by atoms with Crippen LogP contribution < -0.4 is 14.5 Å². The summed E-state index contributed by atoms with van der Waals surface area (Å²) in [6, 6.07) is 15.5. The monoisotopic (exact) mass is 466 g/mol. The van der Waals surface area contributed by atoms with Gasteiger partial charge in [-0.15, -0.1) is 0 Å². The number of rotatable bonds is 6. The highest BCUT2D eigenvalue weighted by molar-refractivity contribution is 7.92. The van der Waals surface area contributed by atoms with Gasteiger partial charge in [0.25, 0.3) is 10.0 Å². The predicted octanol–water partition coefficient (Wildman–Crippen LogP) is 3.52. The zero-order chi connectivity index (χ0) is 23.6. The fourth-order valence-corrected chi connectivity index (χ4v) is 5.30. The second-order valence-electron chi connectivity index (χ2n) is 8.13. The molecule has 0 spiro atoms. The lowest BCUT2D eigenvalue weighted by Gasteiger charge is -2.37.